The molecule has 2 rings (SSSR count). The van der Waals surface area contributed by atoms with Crippen LogP contribution >= 0.6 is 0 Å². The molecule has 0 aromatic carbocycles. The van der Waals surface area contributed by atoms with Gasteiger partial charge in [0.25, 0.3) is 5.69 Å². The lowest BCUT2D eigenvalue weighted by molar-refractivity contribution is -0.892. The van der Waals surface area contributed by atoms with Gasteiger partial charge in [0.05, 0.1) is 0 Å². The summed E-state index contributed by atoms with van der Waals surface area (Å²) in [4.78, 5) is 5.57. The highest BCUT2D eigenvalue weighted by molar-refractivity contribution is 5.60. The Labute approximate surface area is 91.2 Å². The number of allylic oxidation sites excluding steroid dienone is 2. The number of rotatable bonds is 3. The lowest BCUT2D eigenvalue weighted by Gasteiger charge is -2.10. The van der Waals surface area contributed by atoms with Gasteiger partial charge in [0.2, 0.25) is 6.20 Å². The first-order valence-corrected chi connectivity index (χ1v) is 5.75. The summed E-state index contributed by atoms with van der Waals surface area (Å²) < 4.78 is 1.89. The monoisotopic (exact) mass is 204 g/mol. The first kappa shape index (κ1) is 10.2. The zero-order chi connectivity index (χ0) is 10.5. The zero-order valence-electron chi connectivity index (χ0n) is 9.28. The molecule has 0 fully saturated rings. The van der Waals surface area contributed by atoms with Crippen molar-refractivity contribution in [1.82, 2.24) is 0 Å². The van der Waals surface area contributed by atoms with Gasteiger partial charge in [-0.1, -0.05) is 6.08 Å². The molecule has 2 nitrogen and oxygen atoms in total. The Bertz CT molecular complexity index is 357. The summed E-state index contributed by atoms with van der Waals surface area (Å²) in [7, 11) is 0. The van der Waals surface area contributed by atoms with Crippen LogP contribution in [0.3, 0.4) is 0 Å². The molecule has 0 radical (unpaired) electrons. The summed E-state index contributed by atoms with van der Waals surface area (Å²) in [5.41, 5.74) is 2.63. The van der Waals surface area contributed by atoms with Gasteiger partial charge in [-0.2, -0.15) is 0 Å². The Kier molecular flexibility index (Phi) is 3.38. The van der Waals surface area contributed by atoms with Crippen LogP contribution in [-0.2, 0) is 0 Å². The van der Waals surface area contributed by atoms with E-state index in [2.05, 4.69) is 18.2 Å². The average molecular weight is 204 g/mol. The number of hydrogen-bond donors (Lipinski definition) is 0. The Morgan fingerprint density at radius 1 is 1.33 bits per heavy atom. The third-order valence-corrected chi connectivity index (χ3v) is 2.71. The van der Waals surface area contributed by atoms with Crippen molar-refractivity contribution in [3.8, 4) is 0 Å². The summed E-state index contributed by atoms with van der Waals surface area (Å²) in [6.45, 7) is 2.72. The minimum Gasteiger partial charge on any atom is -0.271 e. The van der Waals surface area contributed by atoms with Crippen LogP contribution in [0.15, 0.2) is 30.5 Å². The van der Waals surface area contributed by atoms with Gasteiger partial charge >= 0.3 is 0 Å². The molecule has 0 bridgehead atoms. The first-order valence-electron chi connectivity index (χ1n) is 5.75. The number of aromatic nitrogens is 1. The second kappa shape index (κ2) is 4.96. The van der Waals surface area contributed by atoms with Crippen molar-refractivity contribution >= 4 is 5.57 Å². The number of pyridine rings is 1. The molecule has 1 heterocycles. The average Bonchev–Trinajstić information content (AvgIpc) is 2.31. The molecule has 1 aromatic rings. The highest BCUT2D eigenvalue weighted by Gasteiger charge is 2.17. The molecule has 0 saturated carbocycles. The van der Waals surface area contributed by atoms with Crippen molar-refractivity contribution < 1.29 is 9.57 Å². The Hall–Kier alpha value is -1.31. The molecule has 1 aliphatic carbocycles. The van der Waals surface area contributed by atoms with E-state index in [1.54, 1.807) is 0 Å². The van der Waals surface area contributed by atoms with Gasteiger partial charge in [-0.25, -0.2) is 0 Å². The van der Waals surface area contributed by atoms with E-state index < -0.39 is 0 Å². The molecular formula is C13H18NO+. The zero-order valence-corrected chi connectivity index (χ0v) is 9.28. The molecule has 0 saturated heterocycles. The highest BCUT2D eigenvalue weighted by Crippen LogP contribution is 2.23. The molecule has 2 heteroatoms. The maximum Gasteiger partial charge on any atom is 0.260 e. The predicted molar refractivity (Wildman–Crippen MR) is 60.2 cm³/mol. The minimum absolute atomic E-state index is 0.703. The van der Waals surface area contributed by atoms with Gasteiger partial charge in [-0.05, 0) is 38.7 Å². The highest BCUT2D eigenvalue weighted by atomic mass is 16.7. The fourth-order valence-corrected chi connectivity index (χ4v) is 2.00. The fourth-order valence-electron chi connectivity index (χ4n) is 2.00. The van der Waals surface area contributed by atoms with Crippen molar-refractivity contribution in [3.05, 3.63) is 36.2 Å². The molecule has 0 N–H and O–H groups in total. The smallest absolute Gasteiger partial charge is 0.260 e. The maximum atomic E-state index is 5.57. The van der Waals surface area contributed by atoms with Gasteiger partial charge < -0.3 is 0 Å². The van der Waals surface area contributed by atoms with E-state index in [9.17, 15) is 0 Å². The molecule has 0 atom stereocenters. The van der Waals surface area contributed by atoms with E-state index in [1.807, 2.05) is 23.9 Å². The second-order valence-electron chi connectivity index (χ2n) is 3.80. The van der Waals surface area contributed by atoms with Crippen molar-refractivity contribution in [2.75, 3.05) is 6.61 Å². The Morgan fingerprint density at radius 2 is 2.27 bits per heavy atom. The van der Waals surface area contributed by atoms with Gasteiger partial charge in [0.15, 0.2) is 6.61 Å². The van der Waals surface area contributed by atoms with Crippen LogP contribution in [0.5, 0.6) is 0 Å². The molecule has 0 amide bonds. The fraction of sp³-hybridized carbons (Fsp3) is 0.462. The standard InChI is InChI=1S/C13H18NO/c1-2-15-14-11-7-6-10-13(14)12-8-4-3-5-9-12/h6-8,10-11H,2-5,9H2,1H3/q+1. The molecular weight excluding hydrogens is 186 g/mol. The lowest BCUT2D eigenvalue weighted by Crippen LogP contribution is -2.45. The molecule has 1 aromatic heterocycles. The van der Waals surface area contributed by atoms with Crippen LogP contribution in [0.25, 0.3) is 5.57 Å². The first-order chi connectivity index (χ1) is 7.42. The van der Waals surface area contributed by atoms with Crippen LogP contribution in [-0.4, -0.2) is 6.61 Å². The molecule has 15 heavy (non-hydrogen) atoms. The molecule has 80 valence electrons. The molecule has 0 unspecified atom stereocenters. The van der Waals surface area contributed by atoms with Gasteiger partial charge in [0, 0.05) is 22.4 Å². The number of hydrogen-bond acceptors (Lipinski definition) is 1. The third-order valence-electron chi connectivity index (χ3n) is 2.71. The van der Waals surface area contributed by atoms with Gasteiger partial charge in [-0.15, -0.1) is 0 Å². The topological polar surface area (TPSA) is 13.1 Å². The largest absolute Gasteiger partial charge is 0.271 e. The minimum atomic E-state index is 0.703. The summed E-state index contributed by atoms with van der Waals surface area (Å²) in [6.07, 6.45) is 9.33. The van der Waals surface area contributed by atoms with Gasteiger partial charge in [0.1, 0.15) is 0 Å². The van der Waals surface area contributed by atoms with Crippen LogP contribution in [0.1, 0.15) is 38.3 Å². The number of nitrogens with zero attached hydrogens (tertiary/aromatic N) is 1. The Morgan fingerprint density at radius 3 is 3.00 bits per heavy atom. The summed E-state index contributed by atoms with van der Waals surface area (Å²) in [6, 6.07) is 6.20. The van der Waals surface area contributed by atoms with Crippen LogP contribution in [0.4, 0.5) is 0 Å². The van der Waals surface area contributed by atoms with E-state index in [4.69, 9.17) is 4.84 Å². The van der Waals surface area contributed by atoms with Crippen molar-refractivity contribution in [2.24, 2.45) is 0 Å². The Balaban J connectivity index is 2.29. The van der Waals surface area contributed by atoms with Gasteiger partial charge in [-0.3, -0.25) is 4.84 Å². The van der Waals surface area contributed by atoms with E-state index in [0.29, 0.717) is 6.61 Å². The van der Waals surface area contributed by atoms with E-state index >= 15 is 0 Å². The maximum absolute atomic E-state index is 5.57. The SMILES string of the molecule is CCO[n+]1ccccc1C1=CCCCC1. The lowest BCUT2D eigenvalue weighted by atomic mass is 9.97. The van der Waals surface area contributed by atoms with Crippen molar-refractivity contribution in [1.29, 1.82) is 0 Å². The van der Waals surface area contributed by atoms with Crippen LogP contribution in [0.2, 0.25) is 0 Å². The normalized spacial score (nSPS) is 15.9. The van der Waals surface area contributed by atoms with Crippen molar-refractivity contribution in [2.45, 2.75) is 32.6 Å². The van der Waals surface area contributed by atoms with E-state index in [0.717, 1.165) is 0 Å². The summed E-state index contributed by atoms with van der Waals surface area (Å²) >= 11 is 0. The predicted octanol–water partition coefficient (Wildman–Crippen LogP) is 2.38. The summed E-state index contributed by atoms with van der Waals surface area (Å²) in [5.74, 6) is 0. The van der Waals surface area contributed by atoms with Crippen LogP contribution < -0.4 is 9.57 Å². The van der Waals surface area contributed by atoms with Crippen molar-refractivity contribution in [3.63, 3.8) is 0 Å². The van der Waals surface area contributed by atoms with E-state index in [-0.39, 0.29) is 0 Å². The quantitative estimate of drug-likeness (QED) is 0.689. The molecule has 0 aliphatic heterocycles. The summed E-state index contributed by atoms with van der Waals surface area (Å²) in [5, 5.41) is 0. The van der Waals surface area contributed by atoms with Crippen LogP contribution in [0, 0.1) is 0 Å². The third kappa shape index (κ3) is 2.38. The molecule has 0 spiro atoms. The van der Waals surface area contributed by atoms with E-state index in [1.165, 1.54) is 37.0 Å². The second-order valence-corrected chi connectivity index (χ2v) is 3.80. The molecule has 1 aliphatic rings.